The second kappa shape index (κ2) is 14.5. The summed E-state index contributed by atoms with van der Waals surface area (Å²) in [5.74, 6) is 0.656. The highest BCUT2D eigenvalue weighted by Gasteiger charge is 2.30. The molecule has 2 aromatic rings. The van der Waals surface area contributed by atoms with E-state index >= 15 is 0 Å². The number of likely N-dealkylation sites (N-methyl/N-ethyl adjacent to an activating group) is 1. The summed E-state index contributed by atoms with van der Waals surface area (Å²) in [6, 6.07) is 4.11. The topological polar surface area (TPSA) is 129 Å². The summed E-state index contributed by atoms with van der Waals surface area (Å²) >= 11 is 0. The van der Waals surface area contributed by atoms with Crippen LogP contribution >= 0.6 is 0 Å². The number of nitrogens with one attached hydrogen (secondary N) is 2. The van der Waals surface area contributed by atoms with E-state index in [9.17, 15) is 14.7 Å². The van der Waals surface area contributed by atoms with Gasteiger partial charge in [-0.05, 0) is 79.3 Å². The molecule has 3 N–H and O–H groups in total. The zero-order valence-corrected chi connectivity index (χ0v) is 24.8. The van der Waals surface area contributed by atoms with Gasteiger partial charge in [-0.15, -0.1) is 0 Å². The minimum atomic E-state index is -0.491. The van der Waals surface area contributed by atoms with E-state index in [0.717, 1.165) is 25.8 Å². The first-order chi connectivity index (χ1) is 19.0. The molecule has 1 aromatic heterocycles. The predicted molar refractivity (Wildman–Crippen MR) is 154 cm³/mol. The number of hydrogen-bond donors (Lipinski definition) is 3. The number of aryl methyl sites for hydroxylation is 2. The van der Waals surface area contributed by atoms with Crippen molar-refractivity contribution in [3.05, 3.63) is 35.2 Å². The van der Waals surface area contributed by atoms with Crippen molar-refractivity contribution in [3.63, 3.8) is 0 Å². The number of fused-ring (bicyclic) bond motifs is 1. The molecule has 0 saturated heterocycles. The third-order valence-corrected chi connectivity index (χ3v) is 7.13. The highest BCUT2D eigenvalue weighted by Crippen LogP contribution is 2.29. The van der Waals surface area contributed by atoms with Crippen LogP contribution in [0, 0.1) is 19.8 Å². The number of carbonyl (C=O) groups is 2. The number of carbonyl (C=O) groups excluding carboxylic acids is 2. The molecule has 0 saturated carbocycles. The Bertz CT molecular complexity index is 1120. The Balaban J connectivity index is 1.94. The SMILES string of the molecule is Cc1noc(C)c1NC(=O)Nc1ccc2c(c1)C(=O)N([C@H](C)CO)C[C@H](C)[C@H](CN(C)C)OCCCC[C@H](C)O2. The molecule has 11 nitrogen and oxygen atoms in total. The van der Waals surface area contributed by atoms with Crippen molar-refractivity contribution < 1.29 is 28.7 Å². The normalized spacial score (nSPS) is 21.8. The van der Waals surface area contributed by atoms with E-state index in [2.05, 4.69) is 27.6 Å². The van der Waals surface area contributed by atoms with Crippen LogP contribution < -0.4 is 15.4 Å². The Hall–Kier alpha value is -3.15. The zero-order valence-electron chi connectivity index (χ0n) is 24.8. The maximum atomic E-state index is 14.1. The number of amides is 3. The first-order valence-corrected chi connectivity index (χ1v) is 14.0. The van der Waals surface area contributed by atoms with E-state index in [0.29, 0.717) is 47.3 Å². The minimum Gasteiger partial charge on any atom is -0.490 e. The second-order valence-corrected chi connectivity index (χ2v) is 11.1. The van der Waals surface area contributed by atoms with Crippen LogP contribution in [0.4, 0.5) is 16.2 Å². The smallest absolute Gasteiger partial charge is 0.323 e. The van der Waals surface area contributed by atoms with Crippen molar-refractivity contribution in [1.29, 1.82) is 0 Å². The Kier molecular flexibility index (Phi) is 11.4. The molecule has 3 rings (SSSR count). The van der Waals surface area contributed by atoms with Gasteiger partial charge in [0.2, 0.25) is 0 Å². The fourth-order valence-electron chi connectivity index (χ4n) is 4.76. The molecule has 0 radical (unpaired) electrons. The van der Waals surface area contributed by atoms with Crippen LogP contribution in [0.2, 0.25) is 0 Å². The molecule has 4 atom stereocenters. The zero-order chi connectivity index (χ0) is 29.4. The van der Waals surface area contributed by atoms with Crippen LogP contribution in [0.1, 0.15) is 61.8 Å². The van der Waals surface area contributed by atoms with E-state index in [1.165, 1.54) is 0 Å². The number of nitrogens with zero attached hydrogens (tertiary/aromatic N) is 3. The number of ether oxygens (including phenoxy) is 2. The van der Waals surface area contributed by atoms with Crippen molar-refractivity contribution >= 4 is 23.3 Å². The van der Waals surface area contributed by atoms with Crippen molar-refractivity contribution in [2.45, 2.75) is 72.1 Å². The number of rotatable bonds is 6. The molecule has 1 aliphatic rings. The molecule has 40 heavy (non-hydrogen) atoms. The summed E-state index contributed by atoms with van der Waals surface area (Å²) in [6.07, 6.45) is 2.45. The van der Waals surface area contributed by atoms with Gasteiger partial charge in [0.05, 0.1) is 30.4 Å². The average Bonchev–Trinajstić information content (AvgIpc) is 3.22. The molecule has 0 bridgehead atoms. The maximum absolute atomic E-state index is 14.1. The third-order valence-electron chi connectivity index (χ3n) is 7.13. The average molecular weight is 560 g/mol. The van der Waals surface area contributed by atoms with E-state index in [4.69, 9.17) is 14.0 Å². The summed E-state index contributed by atoms with van der Waals surface area (Å²) in [4.78, 5) is 30.6. The standard InChI is InChI=1S/C29H45N5O6/c1-18-15-34(19(2)17-35)28(36)24-14-23(30-29(37)31-27-21(4)32-40-22(27)5)11-12-25(24)39-20(3)10-8-9-13-38-26(18)16-33(6)7/h11-12,14,18-20,26,35H,8-10,13,15-17H2,1-7H3,(H2,30,31,37)/t18-,19+,20-,26-/m0/s1. The molecule has 0 aliphatic carbocycles. The third kappa shape index (κ3) is 8.42. The fourth-order valence-corrected chi connectivity index (χ4v) is 4.76. The van der Waals surface area contributed by atoms with Crippen molar-refractivity contribution in [2.24, 2.45) is 5.92 Å². The van der Waals surface area contributed by atoms with Gasteiger partial charge >= 0.3 is 6.03 Å². The Labute approximate surface area is 237 Å². The summed E-state index contributed by atoms with van der Waals surface area (Å²) in [5, 5.41) is 19.5. The van der Waals surface area contributed by atoms with Gasteiger partial charge in [0, 0.05) is 31.3 Å². The van der Waals surface area contributed by atoms with Crippen LogP contribution in [0.25, 0.3) is 0 Å². The van der Waals surface area contributed by atoms with Gasteiger partial charge in [-0.3, -0.25) is 4.79 Å². The molecule has 0 unspecified atom stereocenters. The molecule has 3 amide bonds. The van der Waals surface area contributed by atoms with Gasteiger partial charge in [0.15, 0.2) is 5.76 Å². The Morgan fingerprint density at radius 3 is 2.62 bits per heavy atom. The molecule has 2 heterocycles. The number of benzene rings is 1. The molecule has 0 spiro atoms. The van der Waals surface area contributed by atoms with Crippen molar-refractivity contribution in [2.75, 3.05) is 51.0 Å². The first-order valence-electron chi connectivity index (χ1n) is 14.0. The summed E-state index contributed by atoms with van der Waals surface area (Å²) in [7, 11) is 4.01. The van der Waals surface area contributed by atoms with E-state index in [1.807, 2.05) is 27.9 Å². The number of aromatic nitrogens is 1. The maximum Gasteiger partial charge on any atom is 0.323 e. The Morgan fingerprint density at radius 2 is 1.98 bits per heavy atom. The van der Waals surface area contributed by atoms with Gasteiger partial charge in [-0.1, -0.05) is 12.1 Å². The lowest BCUT2D eigenvalue weighted by Crippen LogP contribution is -2.47. The number of anilines is 2. The van der Waals surface area contributed by atoms with Crippen LogP contribution in [0.15, 0.2) is 22.7 Å². The number of urea groups is 1. The molecule has 1 aliphatic heterocycles. The molecule has 222 valence electrons. The Morgan fingerprint density at radius 1 is 1.23 bits per heavy atom. The lowest BCUT2D eigenvalue weighted by atomic mass is 10.0. The quantitative estimate of drug-likeness (QED) is 0.478. The van der Waals surface area contributed by atoms with Gasteiger partial charge in [0.1, 0.15) is 17.1 Å². The van der Waals surface area contributed by atoms with Crippen LogP contribution in [0.3, 0.4) is 0 Å². The molecule has 1 aromatic carbocycles. The monoisotopic (exact) mass is 559 g/mol. The molecular formula is C29H45N5O6. The lowest BCUT2D eigenvalue weighted by Gasteiger charge is -2.35. The summed E-state index contributed by atoms with van der Waals surface area (Å²) < 4.78 is 17.6. The first kappa shape index (κ1) is 31.4. The van der Waals surface area contributed by atoms with Crippen LogP contribution in [-0.4, -0.2) is 90.6 Å². The second-order valence-electron chi connectivity index (χ2n) is 11.1. The van der Waals surface area contributed by atoms with Gasteiger partial charge < -0.3 is 39.5 Å². The van der Waals surface area contributed by atoms with Gasteiger partial charge in [0.25, 0.3) is 5.91 Å². The fraction of sp³-hybridized carbons (Fsp3) is 0.621. The van der Waals surface area contributed by atoms with E-state index in [-0.39, 0.29) is 30.6 Å². The molecule has 11 heteroatoms. The highest BCUT2D eigenvalue weighted by atomic mass is 16.5. The summed E-state index contributed by atoms with van der Waals surface area (Å²) in [5.41, 5.74) is 1.80. The number of aliphatic hydroxyl groups is 1. The van der Waals surface area contributed by atoms with E-state index in [1.54, 1.807) is 36.9 Å². The highest BCUT2D eigenvalue weighted by molar-refractivity contribution is 6.03. The van der Waals surface area contributed by atoms with Crippen LogP contribution in [-0.2, 0) is 4.74 Å². The van der Waals surface area contributed by atoms with E-state index < -0.39 is 12.1 Å². The lowest BCUT2D eigenvalue weighted by molar-refractivity contribution is -0.0137. The number of hydrogen-bond acceptors (Lipinski definition) is 8. The summed E-state index contributed by atoms with van der Waals surface area (Å²) in [6.45, 7) is 10.9. The van der Waals surface area contributed by atoms with Crippen molar-refractivity contribution in [3.8, 4) is 5.75 Å². The predicted octanol–water partition coefficient (Wildman–Crippen LogP) is 4.29. The van der Waals surface area contributed by atoms with Gasteiger partial charge in [-0.2, -0.15) is 0 Å². The largest absolute Gasteiger partial charge is 0.490 e. The molecular weight excluding hydrogens is 514 g/mol. The van der Waals surface area contributed by atoms with Crippen LogP contribution in [0.5, 0.6) is 5.75 Å². The van der Waals surface area contributed by atoms with Gasteiger partial charge in [-0.25, -0.2) is 4.79 Å². The number of aliphatic hydroxyl groups excluding tert-OH is 1. The minimum absolute atomic E-state index is 0.00807. The van der Waals surface area contributed by atoms with Crippen molar-refractivity contribution in [1.82, 2.24) is 15.0 Å². The molecule has 0 fully saturated rings.